The molecule has 0 spiro atoms. The number of halogens is 1. The van der Waals surface area contributed by atoms with E-state index < -0.39 is 18.1 Å². The van der Waals surface area contributed by atoms with Crippen molar-refractivity contribution in [2.24, 2.45) is 0 Å². The summed E-state index contributed by atoms with van der Waals surface area (Å²) in [5, 5.41) is 1.83. The highest BCUT2D eigenvalue weighted by atomic mass is 79.9. The summed E-state index contributed by atoms with van der Waals surface area (Å²) in [6, 6.07) is 10.5. The van der Waals surface area contributed by atoms with Crippen molar-refractivity contribution in [1.82, 2.24) is 0 Å². The Morgan fingerprint density at radius 2 is 1.81 bits per heavy atom. The minimum atomic E-state index is -3.80. The number of nitrogens with one attached hydrogen (secondary N) is 1. The lowest BCUT2D eigenvalue weighted by molar-refractivity contribution is 0.402. The molecule has 0 radical (unpaired) electrons. The maximum absolute atomic E-state index is 12.9. The molecule has 0 saturated heterocycles. The fourth-order valence-corrected chi connectivity index (χ4v) is 5.59. The smallest absolute Gasteiger partial charge is 0.265 e. The molecule has 0 unspecified atom stereocenters. The van der Waals surface area contributed by atoms with Gasteiger partial charge in [0.05, 0.1) is 22.7 Å². The molecule has 0 aliphatic heterocycles. The minimum absolute atomic E-state index is 0.108. The molecule has 8 heteroatoms. The Kier molecular flexibility index (Phi) is 5.17. The van der Waals surface area contributed by atoms with Crippen molar-refractivity contribution in [3.05, 3.63) is 46.4 Å². The lowest BCUT2D eigenvalue weighted by Gasteiger charge is -2.12. The molecule has 0 saturated carbocycles. The largest absolute Gasteiger partial charge is 0.495 e. The van der Waals surface area contributed by atoms with E-state index in [-0.39, 0.29) is 4.90 Å². The molecule has 0 bridgehead atoms. The van der Waals surface area contributed by atoms with Gasteiger partial charge in [0, 0.05) is 5.39 Å². The molecule has 144 valence electrons. The zero-order valence-corrected chi connectivity index (χ0v) is 19.3. The van der Waals surface area contributed by atoms with Gasteiger partial charge in [0.2, 0.25) is 0 Å². The fraction of sp³-hybridized carbons (Fsp3) is 0.263. The molecule has 2 aromatic carbocycles. The van der Waals surface area contributed by atoms with Crippen LogP contribution in [0.4, 0.5) is 5.69 Å². The zero-order valence-electron chi connectivity index (χ0n) is 15.9. The van der Waals surface area contributed by atoms with Crippen LogP contribution in [-0.4, -0.2) is 23.6 Å². The molecule has 0 aliphatic carbocycles. The lowest BCUT2D eigenvalue weighted by Crippen LogP contribution is -2.36. The predicted molar refractivity (Wildman–Crippen MR) is 115 cm³/mol. The number of furan rings is 1. The highest BCUT2D eigenvalue weighted by Gasteiger charge is 2.24. The van der Waals surface area contributed by atoms with Crippen LogP contribution in [0.3, 0.4) is 0 Å². The monoisotopic (exact) mass is 467 g/mol. The molecule has 1 N–H and O–H groups in total. The second-order valence-corrected chi connectivity index (χ2v) is 15.0. The van der Waals surface area contributed by atoms with E-state index in [0.29, 0.717) is 15.9 Å². The molecule has 0 aliphatic rings. The Morgan fingerprint density at radius 3 is 2.44 bits per heavy atom. The molecule has 1 aromatic heterocycles. The summed E-state index contributed by atoms with van der Waals surface area (Å²) < 4.78 is 40.4. The van der Waals surface area contributed by atoms with Crippen LogP contribution in [0.25, 0.3) is 11.0 Å². The van der Waals surface area contributed by atoms with Crippen LogP contribution in [-0.2, 0) is 10.0 Å². The van der Waals surface area contributed by atoms with Gasteiger partial charge in [-0.1, -0.05) is 25.7 Å². The number of hydrogen-bond acceptors (Lipinski definition) is 4. The summed E-state index contributed by atoms with van der Waals surface area (Å²) in [6.07, 6.45) is 0. The number of ether oxygens (including phenoxy) is 1. The van der Waals surface area contributed by atoms with Gasteiger partial charge in [0.25, 0.3) is 10.0 Å². The molecule has 0 fully saturated rings. The van der Waals surface area contributed by atoms with E-state index in [9.17, 15) is 8.42 Å². The van der Waals surface area contributed by atoms with Crippen LogP contribution in [0, 0.1) is 6.92 Å². The number of anilines is 1. The van der Waals surface area contributed by atoms with E-state index in [0.717, 1.165) is 21.9 Å². The van der Waals surface area contributed by atoms with E-state index in [1.54, 1.807) is 24.3 Å². The van der Waals surface area contributed by atoms with E-state index >= 15 is 0 Å². The predicted octanol–water partition coefficient (Wildman–Crippen LogP) is 4.86. The molecule has 0 amide bonds. The number of sulfonamides is 1. The average molecular weight is 468 g/mol. The molecular weight excluding hydrogens is 446 g/mol. The Hall–Kier alpha value is -1.77. The first-order valence-electron chi connectivity index (χ1n) is 8.42. The van der Waals surface area contributed by atoms with Gasteiger partial charge in [0.15, 0.2) is 0 Å². The van der Waals surface area contributed by atoms with E-state index in [1.807, 2.05) is 19.1 Å². The SMILES string of the molecule is COc1ccc(C)cc1S(=O)(=O)Nc1cc(Br)c2oc([Si](C)(C)C)cc2c1. The first-order chi connectivity index (χ1) is 12.5. The van der Waals surface area contributed by atoms with E-state index in [2.05, 4.69) is 40.3 Å². The van der Waals surface area contributed by atoms with Crippen molar-refractivity contribution in [3.8, 4) is 5.75 Å². The van der Waals surface area contributed by atoms with Crippen molar-refractivity contribution in [2.45, 2.75) is 31.5 Å². The number of methoxy groups -OCH3 is 1. The van der Waals surface area contributed by atoms with Gasteiger partial charge in [-0.2, -0.15) is 0 Å². The molecule has 1 heterocycles. The summed E-state index contributed by atoms with van der Waals surface area (Å²) in [7, 11) is -3.97. The zero-order chi connectivity index (χ0) is 20.0. The minimum Gasteiger partial charge on any atom is -0.495 e. The van der Waals surface area contributed by atoms with Gasteiger partial charge in [-0.3, -0.25) is 4.72 Å². The van der Waals surface area contributed by atoms with Gasteiger partial charge in [-0.05, 0) is 58.7 Å². The van der Waals surface area contributed by atoms with E-state index in [4.69, 9.17) is 9.15 Å². The normalized spacial score (nSPS) is 12.4. The van der Waals surface area contributed by atoms with Crippen LogP contribution in [0.15, 0.2) is 50.2 Å². The van der Waals surface area contributed by atoms with Gasteiger partial charge < -0.3 is 9.15 Å². The quantitative estimate of drug-likeness (QED) is 0.543. The van der Waals surface area contributed by atoms with Crippen molar-refractivity contribution >= 4 is 56.1 Å². The molecule has 3 rings (SSSR count). The Labute approximate surface area is 168 Å². The molecule has 3 aromatic rings. The van der Waals surface area contributed by atoms with Gasteiger partial charge in [0.1, 0.15) is 24.3 Å². The van der Waals surface area contributed by atoms with Gasteiger partial charge in [-0.15, -0.1) is 0 Å². The van der Waals surface area contributed by atoms with Crippen LogP contribution in [0.1, 0.15) is 5.56 Å². The number of benzene rings is 2. The van der Waals surface area contributed by atoms with Gasteiger partial charge >= 0.3 is 0 Å². The maximum Gasteiger partial charge on any atom is 0.265 e. The number of rotatable bonds is 5. The Morgan fingerprint density at radius 1 is 1.11 bits per heavy atom. The number of fused-ring (bicyclic) bond motifs is 1. The van der Waals surface area contributed by atoms with Crippen molar-refractivity contribution in [2.75, 3.05) is 11.8 Å². The van der Waals surface area contributed by atoms with Crippen LogP contribution < -0.4 is 14.8 Å². The van der Waals surface area contributed by atoms with Crippen molar-refractivity contribution in [3.63, 3.8) is 0 Å². The summed E-state index contributed by atoms with van der Waals surface area (Å²) >= 11 is 3.49. The summed E-state index contributed by atoms with van der Waals surface area (Å²) in [5.74, 6) is 0.303. The molecule has 5 nitrogen and oxygen atoms in total. The number of hydrogen-bond donors (Lipinski definition) is 1. The van der Waals surface area contributed by atoms with E-state index in [1.165, 1.54) is 7.11 Å². The summed E-state index contributed by atoms with van der Waals surface area (Å²) in [6.45, 7) is 8.44. The third kappa shape index (κ3) is 4.07. The highest BCUT2D eigenvalue weighted by Crippen LogP contribution is 2.32. The third-order valence-corrected chi connectivity index (χ3v) is 7.89. The Bertz CT molecular complexity index is 1120. The molecular formula is C19H22BrNO4SSi. The van der Waals surface area contributed by atoms with Crippen molar-refractivity contribution < 1.29 is 17.6 Å². The summed E-state index contributed by atoms with van der Waals surface area (Å²) in [4.78, 5) is 0.108. The highest BCUT2D eigenvalue weighted by molar-refractivity contribution is 9.10. The number of aryl methyl sites for hydroxylation is 1. The average Bonchev–Trinajstić information content (AvgIpc) is 2.99. The second kappa shape index (κ2) is 6.99. The first kappa shape index (κ1) is 20.0. The van der Waals surface area contributed by atoms with Crippen molar-refractivity contribution in [1.29, 1.82) is 0 Å². The molecule has 0 atom stereocenters. The van der Waals surface area contributed by atoms with Crippen LogP contribution in [0.2, 0.25) is 19.6 Å². The topological polar surface area (TPSA) is 68.5 Å². The Balaban J connectivity index is 2.05. The maximum atomic E-state index is 12.9. The standard InChI is InChI=1S/C19H22BrNO4SSi/c1-12-6-7-16(24-2)17(8-12)26(22,23)21-14-9-13-10-18(27(3,4)5)25-19(13)15(20)11-14/h6-11,21H,1-5H3. The third-order valence-electron chi connectivity index (χ3n) is 4.17. The lowest BCUT2D eigenvalue weighted by atomic mass is 10.2. The van der Waals surface area contributed by atoms with Crippen LogP contribution in [0.5, 0.6) is 5.75 Å². The fourth-order valence-electron chi connectivity index (χ4n) is 2.74. The summed E-state index contributed by atoms with van der Waals surface area (Å²) in [5.41, 5.74) is 2.02. The van der Waals surface area contributed by atoms with Crippen LogP contribution >= 0.6 is 15.9 Å². The first-order valence-corrected chi connectivity index (χ1v) is 14.2. The van der Waals surface area contributed by atoms with Gasteiger partial charge in [-0.25, -0.2) is 8.42 Å². The molecule has 27 heavy (non-hydrogen) atoms. The second-order valence-electron chi connectivity index (χ2n) is 7.50.